The van der Waals surface area contributed by atoms with Crippen LogP contribution in [0.4, 0.5) is 0 Å². The second-order valence-corrected chi connectivity index (χ2v) is 4.46. The SMILES string of the molecule is C=C[C@@]12OC(=O)C[C@@H]1CC2(C)C. The molecule has 0 unspecified atom stereocenters. The Hall–Kier alpha value is -0.790. The fourth-order valence-corrected chi connectivity index (χ4v) is 2.71. The summed E-state index contributed by atoms with van der Waals surface area (Å²) in [7, 11) is 0. The third-order valence-corrected chi connectivity index (χ3v) is 3.42. The summed E-state index contributed by atoms with van der Waals surface area (Å²) in [6.07, 6.45) is 3.46. The number of rotatable bonds is 1. The van der Waals surface area contributed by atoms with E-state index in [-0.39, 0.29) is 17.0 Å². The lowest BCUT2D eigenvalue weighted by atomic mass is 9.52. The summed E-state index contributed by atoms with van der Waals surface area (Å²) < 4.78 is 5.36. The second kappa shape index (κ2) is 1.93. The minimum atomic E-state index is -0.343. The summed E-state index contributed by atoms with van der Waals surface area (Å²) in [4.78, 5) is 11.1. The number of hydrogen-bond donors (Lipinski definition) is 0. The zero-order valence-electron chi connectivity index (χ0n) is 7.59. The quantitative estimate of drug-likeness (QED) is 0.439. The van der Waals surface area contributed by atoms with Crippen LogP contribution in [0.5, 0.6) is 0 Å². The number of carbonyl (C=O) groups is 1. The van der Waals surface area contributed by atoms with Crippen LogP contribution in [0.1, 0.15) is 26.7 Å². The van der Waals surface area contributed by atoms with Gasteiger partial charge in [-0.15, -0.1) is 0 Å². The minimum absolute atomic E-state index is 0.0644. The molecular weight excluding hydrogens is 152 g/mol. The van der Waals surface area contributed by atoms with Gasteiger partial charge >= 0.3 is 5.97 Å². The monoisotopic (exact) mass is 166 g/mol. The van der Waals surface area contributed by atoms with Gasteiger partial charge in [0.2, 0.25) is 0 Å². The van der Waals surface area contributed by atoms with Gasteiger partial charge in [0.15, 0.2) is 0 Å². The van der Waals surface area contributed by atoms with Crippen molar-refractivity contribution in [2.75, 3.05) is 0 Å². The van der Waals surface area contributed by atoms with E-state index in [0.717, 1.165) is 6.42 Å². The van der Waals surface area contributed by atoms with E-state index in [9.17, 15) is 4.79 Å². The first-order valence-electron chi connectivity index (χ1n) is 4.37. The van der Waals surface area contributed by atoms with Gasteiger partial charge in [-0.25, -0.2) is 0 Å². The van der Waals surface area contributed by atoms with Crippen LogP contribution in [0.3, 0.4) is 0 Å². The summed E-state index contributed by atoms with van der Waals surface area (Å²) in [6.45, 7) is 8.03. The summed E-state index contributed by atoms with van der Waals surface area (Å²) in [5.41, 5.74) is -0.254. The minimum Gasteiger partial charge on any atom is -0.454 e. The average Bonchev–Trinajstić information content (AvgIpc) is 2.24. The molecule has 12 heavy (non-hydrogen) atoms. The van der Waals surface area contributed by atoms with E-state index in [1.165, 1.54) is 0 Å². The van der Waals surface area contributed by atoms with Gasteiger partial charge in [0.05, 0.1) is 6.42 Å². The predicted octanol–water partition coefficient (Wildman–Crippen LogP) is 1.90. The fourth-order valence-electron chi connectivity index (χ4n) is 2.71. The molecule has 2 heteroatoms. The van der Waals surface area contributed by atoms with Crippen molar-refractivity contribution in [1.82, 2.24) is 0 Å². The number of fused-ring (bicyclic) bond motifs is 1. The number of ether oxygens (including phenoxy) is 1. The van der Waals surface area contributed by atoms with Crippen molar-refractivity contribution in [2.24, 2.45) is 11.3 Å². The van der Waals surface area contributed by atoms with Crippen LogP contribution < -0.4 is 0 Å². The van der Waals surface area contributed by atoms with Gasteiger partial charge in [-0.3, -0.25) is 4.79 Å². The molecule has 66 valence electrons. The fraction of sp³-hybridized carbons (Fsp3) is 0.700. The smallest absolute Gasteiger partial charge is 0.307 e. The molecule has 1 saturated carbocycles. The first-order chi connectivity index (χ1) is 5.52. The Morgan fingerprint density at radius 1 is 1.67 bits per heavy atom. The third kappa shape index (κ3) is 0.637. The Morgan fingerprint density at radius 2 is 2.33 bits per heavy atom. The molecule has 0 radical (unpaired) electrons. The van der Waals surface area contributed by atoms with Crippen molar-refractivity contribution in [1.29, 1.82) is 0 Å². The van der Waals surface area contributed by atoms with E-state index in [2.05, 4.69) is 20.4 Å². The standard InChI is InChI=1S/C10H14O2/c1-4-10-7(5-8(11)12-10)6-9(10,2)3/h4,7H,1,5-6H2,2-3H3/t7-,10-/m1/s1. The highest BCUT2D eigenvalue weighted by molar-refractivity contribution is 5.74. The van der Waals surface area contributed by atoms with Gasteiger partial charge in [-0.1, -0.05) is 20.4 Å². The first kappa shape index (κ1) is 7.84. The molecule has 2 rings (SSSR count). The largest absolute Gasteiger partial charge is 0.454 e. The van der Waals surface area contributed by atoms with E-state index in [0.29, 0.717) is 12.3 Å². The molecular formula is C10H14O2. The Morgan fingerprint density at radius 3 is 2.67 bits per heavy atom. The molecule has 1 saturated heterocycles. The molecule has 2 fully saturated rings. The molecule has 0 aromatic rings. The highest BCUT2D eigenvalue weighted by atomic mass is 16.6. The molecule has 0 amide bonds. The molecule has 1 heterocycles. The van der Waals surface area contributed by atoms with Gasteiger partial charge in [0.1, 0.15) is 5.60 Å². The van der Waals surface area contributed by atoms with Crippen LogP contribution in [0.25, 0.3) is 0 Å². The maximum absolute atomic E-state index is 11.1. The van der Waals surface area contributed by atoms with Gasteiger partial charge in [-0.2, -0.15) is 0 Å². The van der Waals surface area contributed by atoms with E-state index >= 15 is 0 Å². The van der Waals surface area contributed by atoms with Crippen molar-refractivity contribution < 1.29 is 9.53 Å². The molecule has 0 spiro atoms. The van der Waals surface area contributed by atoms with Crippen molar-refractivity contribution >= 4 is 5.97 Å². The van der Waals surface area contributed by atoms with Crippen molar-refractivity contribution in [3.63, 3.8) is 0 Å². The highest BCUT2D eigenvalue weighted by Gasteiger charge is 2.65. The van der Waals surface area contributed by atoms with Crippen LogP contribution >= 0.6 is 0 Å². The molecule has 0 N–H and O–H groups in total. The summed E-state index contributed by atoms with van der Waals surface area (Å²) in [6, 6.07) is 0. The Bertz CT molecular complexity index is 255. The van der Waals surface area contributed by atoms with Gasteiger partial charge in [-0.05, 0) is 12.5 Å². The predicted molar refractivity (Wildman–Crippen MR) is 45.5 cm³/mol. The average molecular weight is 166 g/mol. The molecule has 0 aromatic heterocycles. The second-order valence-electron chi connectivity index (χ2n) is 4.46. The van der Waals surface area contributed by atoms with E-state index < -0.39 is 0 Å². The zero-order valence-corrected chi connectivity index (χ0v) is 7.59. The normalized spacial score (nSPS) is 42.8. The van der Waals surface area contributed by atoms with Crippen molar-refractivity contribution in [2.45, 2.75) is 32.3 Å². The van der Waals surface area contributed by atoms with Gasteiger partial charge in [0.25, 0.3) is 0 Å². The Balaban J connectivity index is 2.35. The number of hydrogen-bond acceptors (Lipinski definition) is 2. The summed E-state index contributed by atoms with van der Waals surface area (Å²) >= 11 is 0. The third-order valence-electron chi connectivity index (χ3n) is 3.42. The Labute approximate surface area is 72.6 Å². The maximum atomic E-state index is 11.1. The number of carbonyl (C=O) groups excluding carboxylic acids is 1. The zero-order chi connectivity index (χ0) is 8.98. The van der Waals surface area contributed by atoms with Gasteiger partial charge < -0.3 is 4.74 Å². The lowest BCUT2D eigenvalue weighted by Gasteiger charge is -2.54. The van der Waals surface area contributed by atoms with E-state index in [1.807, 2.05) is 6.08 Å². The van der Waals surface area contributed by atoms with Crippen LogP contribution in [-0.2, 0) is 9.53 Å². The molecule has 2 nitrogen and oxygen atoms in total. The topological polar surface area (TPSA) is 26.3 Å². The molecule has 2 aliphatic rings. The highest BCUT2D eigenvalue weighted by Crippen LogP contribution is 2.61. The molecule has 0 bridgehead atoms. The van der Waals surface area contributed by atoms with Crippen molar-refractivity contribution in [3.05, 3.63) is 12.7 Å². The van der Waals surface area contributed by atoms with E-state index in [4.69, 9.17) is 4.74 Å². The molecule has 2 atom stereocenters. The van der Waals surface area contributed by atoms with Crippen LogP contribution in [0.15, 0.2) is 12.7 Å². The van der Waals surface area contributed by atoms with Crippen LogP contribution in [-0.4, -0.2) is 11.6 Å². The van der Waals surface area contributed by atoms with Gasteiger partial charge in [0, 0.05) is 11.3 Å². The van der Waals surface area contributed by atoms with Crippen LogP contribution in [0, 0.1) is 11.3 Å². The Kier molecular flexibility index (Phi) is 1.26. The maximum Gasteiger partial charge on any atom is 0.307 e. The van der Waals surface area contributed by atoms with E-state index in [1.54, 1.807) is 0 Å². The lowest BCUT2D eigenvalue weighted by molar-refractivity contribution is -0.172. The summed E-state index contributed by atoms with van der Waals surface area (Å²) in [5, 5.41) is 0. The lowest BCUT2D eigenvalue weighted by Crippen LogP contribution is -2.58. The molecule has 0 aromatic carbocycles. The summed E-state index contributed by atoms with van der Waals surface area (Å²) in [5.74, 6) is 0.322. The molecule has 1 aliphatic heterocycles. The van der Waals surface area contributed by atoms with Crippen molar-refractivity contribution in [3.8, 4) is 0 Å². The molecule has 1 aliphatic carbocycles. The number of esters is 1. The first-order valence-corrected chi connectivity index (χ1v) is 4.37. The van der Waals surface area contributed by atoms with Crippen LogP contribution in [0.2, 0.25) is 0 Å².